The SMILES string of the molecule is CCSSCC[C@H]1CN(C(=O)c2cccc3ccccc23)CCN1C(=O)[C@@H](N)CSSC[C@H](N)C(=O)N1CCN(C(=O)c2cccc3ccccc23)C[C@@H]1C. The second-order valence-corrected chi connectivity index (χ2v) is 19.3. The molecule has 0 aliphatic carbocycles. The maximum atomic E-state index is 13.8. The third-order valence-electron chi connectivity index (χ3n) is 10.2. The normalized spacial score (nSPS) is 18.8. The lowest BCUT2D eigenvalue weighted by molar-refractivity contribution is -0.137. The summed E-state index contributed by atoms with van der Waals surface area (Å²) in [6.07, 6.45) is 0.762. The quantitative estimate of drug-likeness (QED) is 0.118. The minimum Gasteiger partial charge on any atom is -0.335 e. The van der Waals surface area contributed by atoms with Gasteiger partial charge < -0.3 is 31.1 Å². The van der Waals surface area contributed by atoms with Gasteiger partial charge >= 0.3 is 0 Å². The Kier molecular flexibility index (Phi) is 14.7. The number of piperazine rings is 2. The molecule has 4 atom stereocenters. The number of nitrogens with zero attached hydrogens (tertiary/aromatic N) is 4. The highest BCUT2D eigenvalue weighted by Gasteiger charge is 2.36. The number of carbonyl (C=O) groups is 4. The second-order valence-electron chi connectivity index (χ2n) is 13.9. The summed E-state index contributed by atoms with van der Waals surface area (Å²) < 4.78 is 0. The predicted octanol–water partition coefficient (Wildman–Crippen LogP) is 5.85. The summed E-state index contributed by atoms with van der Waals surface area (Å²) in [5.41, 5.74) is 14.2. The number of hydrogen-bond acceptors (Lipinski definition) is 10. The summed E-state index contributed by atoms with van der Waals surface area (Å²) >= 11 is 0. The van der Waals surface area contributed by atoms with Gasteiger partial charge in [-0.25, -0.2) is 0 Å². The Morgan fingerprint density at radius 1 is 0.636 bits per heavy atom. The van der Waals surface area contributed by atoms with Crippen LogP contribution in [0, 0.1) is 0 Å². The molecule has 0 spiro atoms. The number of carbonyl (C=O) groups excluding carboxylic acids is 4. The van der Waals surface area contributed by atoms with Crippen LogP contribution in [0.25, 0.3) is 21.5 Å². The van der Waals surface area contributed by atoms with Crippen LogP contribution in [-0.2, 0) is 9.59 Å². The van der Waals surface area contributed by atoms with Gasteiger partial charge in [-0.15, -0.1) is 0 Å². The fraction of sp³-hybridized carbons (Fsp3) is 0.415. The minimum atomic E-state index is -0.725. The van der Waals surface area contributed by atoms with Crippen molar-refractivity contribution in [1.82, 2.24) is 19.6 Å². The second kappa shape index (κ2) is 19.6. The number of fused-ring (bicyclic) bond motifs is 2. The number of hydrogen-bond donors (Lipinski definition) is 2. The van der Waals surface area contributed by atoms with Crippen molar-refractivity contribution in [3.8, 4) is 0 Å². The summed E-state index contributed by atoms with van der Waals surface area (Å²) in [7, 11) is 6.47. The average molecular weight is 819 g/mol. The molecule has 2 fully saturated rings. The molecule has 55 heavy (non-hydrogen) atoms. The molecular weight excluding hydrogens is 769 g/mol. The van der Waals surface area contributed by atoms with Crippen LogP contribution in [0.4, 0.5) is 0 Å². The number of nitrogens with two attached hydrogens (primary N) is 2. The van der Waals surface area contributed by atoms with Crippen molar-refractivity contribution < 1.29 is 19.2 Å². The Morgan fingerprint density at radius 2 is 1.13 bits per heavy atom. The van der Waals surface area contributed by atoms with E-state index in [0.717, 1.165) is 39.5 Å². The van der Waals surface area contributed by atoms with E-state index < -0.39 is 12.1 Å². The summed E-state index contributed by atoms with van der Waals surface area (Å²) in [5.74, 6) is 2.30. The minimum absolute atomic E-state index is 0.0164. The molecule has 2 saturated heterocycles. The summed E-state index contributed by atoms with van der Waals surface area (Å²) in [4.78, 5) is 61.9. The van der Waals surface area contributed by atoms with Gasteiger partial charge in [0.25, 0.3) is 11.8 Å². The molecule has 2 heterocycles. The third-order valence-corrected chi connectivity index (χ3v) is 15.2. The molecule has 0 aromatic heterocycles. The van der Waals surface area contributed by atoms with E-state index >= 15 is 0 Å². The highest BCUT2D eigenvalue weighted by atomic mass is 33.1. The summed E-state index contributed by atoms with van der Waals surface area (Å²) in [6, 6.07) is 25.6. The van der Waals surface area contributed by atoms with Crippen molar-refractivity contribution in [2.45, 2.75) is 44.4 Å². The Hall–Kier alpha value is -3.40. The molecule has 4 N–H and O–H groups in total. The Balaban J connectivity index is 0.976. The zero-order valence-electron chi connectivity index (χ0n) is 31.4. The third kappa shape index (κ3) is 9.95. The van der Waals surface area contributed by atoms with Crippen molar-refractivity contribution in [3.05, 3.63) is 96.1 Å². The van der Waals surface area contributed by atoms with Crippen molar-refractivity contribution in [2.75, 3.05) is 62.3 Å². The van der Waals surface area contributed by atoms with E-state index in [2.05, 4.69) is 6.92 Å². The fourth-order valence-electron chi connectivity index (χ4n) is 7.35. The van der Waals surface area contributed by atoms with Crippen molar-refractivity contribution in [1.29, 1.82) is 0 Å². The van der Waals surface area contributed by atoms with Gasteiger partial charge in [-0.3, -0.25) is 19.2 Å². The first-order valence-corrected chi connectivity index (χ1v) is 23.8. The lowest BCUT2D eigenvalue weighted by atomic mass is 10.0. The molecule has 292 valence electrons. The van der Waals surface area contributed by atoms with E-state index in [4.69, 9.17) is 11.5 Å². The van der Waals surface area contributed by atoms with Gasteiger partial charge in [-0.2, -0.15) is 0 Å². The zero-order chi connectivity index (χ0) is 38.9. The molecule has 14 heteroatoms. The topological polar surface area (TPSA) is 133 Å². The average Bonchev–Trinajstić information content (AvgIpc) is 3.22. The Morgan fingerprint density at radius 3 is 1.67 bits per heavy atom. The molecule has 2 aliphatic heterocycles. The van der Waals surface area contributed by atoms with E-state index in [1.165, 1.54) is 21.6 Å². The molecule has 4 amide bonds. The van der Waals surface area contributed by atoms with Crippen molar-refractivity contribution in [3.63, 3.8) is 0 Å². The molecule has 2 aliphatic rings. The first kappa shape index (κ1) is 41.2. The maximum absolute atomic E-state index is 13.8. The molecule has 0 unspecified atom stereocenters. The molecule has 4 aromatic rings. The lowest BCUT2D eigenvalue weighted by Crippen LogP contribution is -2.60. The van der Waals surface area contributed by atoms with Gasteiger partial charge in [0, 0.05) is 79.4 Å². The predicted molar refractivity (Wildman–Crippen MR) is 232 cm³/mol. The largest absolute Gasteiger partial charge is 0.335 e. The van der Waals surface area contributed by atoms with Crippen LogP contribution in [0.2, 0.25) is 0 Å². The van der Waals surface area contributed by atoms with Crippen molar-refractivity contribution in [2.24, 2.45) is 11.5 Å². The van der Waals surface area contributed by atoms with Gasteiger partial charge in [0.15, 0.2) is 0 Å². The first-order valence-electron chi connectivity index (χ1n) is 18.8. The van der Waals surface area contributed by atoms with Crippen LogP contribution < -0.4 is 11.5 Å². The Labute approximate surface area is 339 Å². The van der Waals surface area contributed by atoms with Gasteiger partial charge in [-0.1, -0.05) is 123 Å². The lowest BCUT2D eigenvalue weighted by Gasteiger charge is -2.42. The molecule has 0 bridgehead atoms. The van der Waals surface area contributed by atoms with Crippen LogP contribution in [0.3, 0.4) is 0 Å². The van der Waals surface area contributed by atoms with Crippen LogP contribution in [-0.4, -0.2) is 130 Å². The molecule has 0 saturated carbocycles. The van der Waals surface area contributed by atoms with Gasteiger partial charge in [-0.05, 0) is 47.0 Å². The van der Waals surface area contributed by atoms with E-state index in [-0.39, 0.29) is 35.7 Å². The maximum Gasteiger partial charge on any atom is 0.254 e. The van der Waals surface area contributed by atoms with E-state index in [9.17, 15) is 19.2 Å². The monoisotopic (exact) mass is 818 g/mol. The van der Waals surface area contributed by atoms with Crippen LogP contribution in [0.1, 0.15) is 41.0 Å². The molecular formula is C41H50N6O4S4. The molecule has 10 nitrogen and oxygen atoms in total. The van der Waals surface area contributed by atoms with Crippen LogP contribution in [0.15, 0.2) is 84.9 Å². The highest BCUT2D eigenvalue weighted by Crippen LogP contribution is 2.28. The van der Waals surface area contributed by atoms with Crippen LogP contribution in [0.5, 0.6) is 0 Å². The molecule has 6 rings (SSSR count). The van der Waals surface area contributed by atoms with Crippen LogP contribution >= 0.6 is 43.2 Å². The fourth-order valence-corrected chi connectivity index (χ4v) is 11.4. The van der Waals surface area contributed by atoms with E-state index in [0.29, 0.717) is 61.9 Å². The summed E-state index contributed by atoms with van der Waals surface area (Å²) in [6.45, 7) is 6.68. The zero-order valence-corrected chi connectivity index (χ0v) is 34.6. The first-order chi connectivity index (χ1) is 26.7. The van der Waals surface area contributed by atoms with Gasteiger partial charge in [0.1, 0.15) is 0 Å². The standard InChI is InChI=1S/C41H50N6O4S4/c1-3-52-53-23-18-31-25-45(39(49)35-17-9-13-30-11-5-7-15-33(30)35)20-22-47(31)41(51)37(43)27-55-54-26-36(42)40(50)46-21-19-44(24-28(46)2)38(48)34-16-8-12-29-10-4-6-14-32(29)34/h4-17,28,31,36-37H,3,18-27,42-43H2,1-2H3/t28-,31-,36-,37-/m0/s1. The molecule has 0 radical (unpaired) electrons. The Bertz CT molecular complexity index is 1980. The smallest absolute Gasteiger partial charge is 0.254 e. The number of amides is 4. The van der Waals surface area contributed by atoms with Crippen molar-refractivity contribution >= 4 is 88.3 Å². The number of benzene rings is 4. The van der Waals surface area contributed by atoms with Gasteiger partial charge in [0.2, 0.25) is 11.8 Å². The number of rotatable bonds is 14. The molecule has 4 aromatic carbocycles. The van der Waals surface area contributed by atoms with Gasteiger partial charge in [0.05, 0.1) is 18.1 Å². The highest BCUT2D eigenvalue weighted by molar-refractivity contribution is 8.77. The summed E-state index contributed by atoms with van der Waals surface area (Å²) in [5, 5.41) is 3.90. The van der Waals surface area contributed by atoms with E-state index in [1.807, 2.05) is 107 Å². The van der Waals surface area contributed by atoms with E-state index in [1.54, 1.807) is 26.5 Å².